The molecule has 1 aromatic carbocycles. The van der Waals surface area contributed by atoms with Gasteiger partial charge in [0, 0.05) is 5.39 Å². The standard InChI is InChI=1S/C11H10N2O2/c14-11(15)7-12-10-6-5-8-3-1-2-4-9(8)13-10/h1-6H,7H2,(H,12,13)(H,14,15). The first-order valence-corrected chi connectivity index (χ1v) is 4.57. The second kappa shape index (κ2) is 3.96. The number of fused-ring (bicyclic) bond motifs is 1. The topological polar surface area (TPSA) is 62.2 Å². The molecule has 4 nitrogen and oxygen atoms in total. The summed E-state index contributed by atoms with van der Waals surface area (Å²) in [7, 11) is 0. The molecule has 0 aliphatic carbocycles. The maximum Gasteiger partial charge on any atom is 0.322 e. The van der Waals surface area contributed by atoms with Crippen molar-refractivity contribution in [2.24, 2.45) is 0 Å². The highest BCUT2D eigenvalue weighted by atomic mass is 16.4. The normalized spacial score (nSPS) is 10.1. The summed E-state index contributed by atoms with van der Waals surface area (Å²) in [5.74, 6) is -0.318. The van der Waals surface area contributed by atoms with Crippen molar-refractivity contribution >= 4 is 22.7 Å². The van der Waals surface area contributed by atoms with Gasteiger partial charge < -0.3 is 10.4 Å². The number of anilines is 1. The summed E-state index contributed by atoms with van der Waals surface area (Å²) in [6, 6.07) is 11.4. The van der Waals surface area contributed by atoms with E-state index < -0.39 is 5.97 Å². The highest BCUT2D eigenvalue weighted by molar-refractivity contribution is 5.80. The van der Waals surface area contributed by atoms with Gasteiger partial charge in [0.25, 0.3) is 0 Å². The second-order valence-corrected chi connectivity index (χ2v) is 3.14. The van der Waals surface area contributed by atoms with E-state index >= 15 is 0 Å². The van der Waals surface area contributed by atoms with Crippen LogP contribution in [-0.4, -0.2) is 22.6 Å². The molecule has 0 fully saturated rings. The summed E-state index contributed by atoms with van der Waals surface area (Å²) < 4.78 is 0. The van der Waals surface area contributed by atoms with Gasteiger partial charge in [-0.1, -0.05) is 18.2 Å². The van der Waals surface area contributed by atoms with Crippen LogP contribution < -0.4 is 5.32 Å². The van der Waals surface area contributed by atoms with Crippen LogP contribution in [-0.2, 0) is 4.79 Å². The molecule has 2 rings (SSSR count). The van der Waals surface area contributed by atoms with Gasteiger partial charge in [-0.2, -0.15) is 0 Å². The number of rotatable bonds is 3. The van der Waals surface area contributed by atoms with Crippen LogP contribution in [0.15, 0.2) is 36.4 Å². The molecule has 0 radical (unpaired) electrons. The Hall–Kier alpha value is -2.10. The first-order valence-electron chi connectivity index (χ1n) is 4.57. The number of nitrogens with zero attached hydrogens (tertiary/aromatic N) is 1. The molecule has 0 spiro atoms. The lowest BCUT2D eigenvalue weighted by Crippen LogP contribution is -2.13. The summed E-state index contributed by atoms with van der Waals surface area (Å²) in [5, 5.41) is 12.3. The number of pyridine rings is 1. The highest BCUT2D eigenvalue weighted by Gasteiger charge is 1.99. The van der Waals surface area contributed by atoms with E-state index in [-0.39, 0.29) is 6.54 Å². The zero-order chi connectivity index (χ0) is 10.7. The van der Waals surface area contributed by atoms with Crippen molar-refractivity contribution in [3.05, 3.63) is 36.4 Å². The van der Waals surface area contributed by atoms with Crippen molar-refractivity contribution in [3.63, 3.8) is 0 Å². The number of hydrogen-bond acceptors (Lipinski definition) is 3. The third-order valence-corrected chi connectivity index (χ3v) is 2.02. The molecule has 1 heterocycles. The molecule has 0 aliphatic rings. The summed E-state index contributed by atoms with van der Waals surface area (Å²) in [4.78, 5) is 14.6. The fourth-order valence-electron chi connectivity index (χ4n) is 1.33. The van der Waals surface area contributed by atoms with Gasteiger partial charge in [-0.05, 0) is 18.2 Å². The predicted octanol–water partition coefficient (Wildman–Crippen LogP) is 1.73. The Kier molecular flexibility index (Phi) is 2.49. The first-order chi connectivity index (χ1) is 7.25. The minimum atomic E-state index is -0.898. The fraction of sp³-hybridized carbons (Fsp3) is 0.0909. The van der Waals surface area contributed by atoms with Crippen molar-refractivity contribution in [3.8, 4) is 0 Å². The minimum Gasteiger partial charge on any atom is -0.480 e. The lowest BCUT2D eigenvalue weighted by atomic mass is 10.2. The number of aromatic nitrogens is 1. The van der Waals surface area contributed by atoms with Crippen LogP contribution in [0.2, 0.25) is 0 Å². The predicted molar refractivity (Wildman–Crippen MR) is 57.9 cm³/mol. The van der Waals surface area contributed by atoms with E-state index in [1.807, 2.05) is 30.3 Å². The van der Waals surface area contributed by atoms with Crippen molar-refractivity contribution < 1.29 is 9.90 Å². The molecule has 0 atom stereocenters. The highest BCUT2D eigenvalue weighted by Crippen LogP contribution is 2.13. The van der Waals surface area contributed by atoms with E-state index in [0.29, 0.717) is 5.82 Å². The van der Waals surface area contributed by atoms with Crippen molar-refractivity contribution in [1.29, 1.82) is 0 Å². The molecule has 2 aromatic rings. The van der Waals surface area contributed by atoms with Gasteiger partial charge >= 0.3 is 5.97 Å². The van der Waals surface area contributed by atoms with Gasteiger partial charge in [-0.15, -0.1) is 0 Å². The largest absolute Gasteiger partial charge is 0.480 e. The third kappa shape index (κ3) is 2.22. The number of hydrogen-bond donors (Lipinski definition) is 2. The third-order valence-electron chi connectivity index (χ3n) is 2.02. The molecule has 0 bridgehead atoms. The molecule has 0 saturated heterocycles. The van der Waals surface area contributed by atoms with E-state index in [9.17, 15) is 4.79 Å². The van der Waals surface area contributed by atoms with Crippen LogP contribution in [0.25, 0.3) is 10.9 Å². The van der Waals surface area contributed by atoms with Gasteiger partial charge in [-0.25, -0.2) is 4.98 Å². The SMILES string of the molecule is O=C(O)CNc1ccc2ccccc2n1. The molecule has 0 unspecified atom stereocenters. The maximum absolute atomic E-state index is 10.3. The van der Waals surface area contributed by atoms with Gasteiger partial charge in [-0.3, -0.25) is 4.79 Å². The molecule has 15 heavy (non-hydrogen) atoms. The van der Waals surface area contributed by atoms with Crippen LogP contribution in [0, 0.1) is 0 Å². The molecule has 0 saturated carbocycles. The zero-order valence-electron chi connectivity index (χ0n) is 7.97. The molecular formula is C11H10N2O2. The lowest BCUT2D eigenvalue weighted by molar-refractivity contribution is -0.134. The monoisotopic (exact) mass is 202 g/mol. The molecule has 0 amide bonds. The number of nitrogens with one attached hydrogen (secondary N) is 1. The molecule has 4 heteroatoms. The second-order valence-electron chi connectivity index (χ2n) is 3.14. The summed E-state index contributed by atoms with van der Waals surface area (Å²) >= 11 is 0. The average molecular weight is 202 g/mol. The van der Waals surface area contributed by atoms with E-state index in [4.69, 9.17) is 5.11 Å². The van der Waals surface area contributed by atoms with Crippen LogP contribution in [0.4, 0.5) is 5.82 Å². The minimum absolute atomic E-state index is 0.120. The van der Waals surface area contributed by atoms with E-state index in [1.165, 1.54) is 0 Å². The van der Waals surface area contributed by atoms with Gasteiger partial charge in [0.15, 0.2) is 0 Å². The van der Waals surface area contributed by atoms with Crippen LogP contribution in [0.1, 0.15) is 0 Å². The molecular weight excluding hydrogens is 192 g/mol. The Morgan fingerprint density at radius 2 is 2.07 bits per heavy atom. The number of benzene rings is 1. The van der Waals surface area contributed by atoms with Crippen LogP contribution in [0.5, 0.6) is 0 Å². The quantitative estimate of drug-likeness (QED) is 0.795. The number of aliphatic carboxylic acids is 1. The summed E-state index contributed by atoms with van der Waals surface area (Å²) in [6.07, 6.45) is 0. The molecule has 0 aliphatic heterocycles. The number of carbonyl (C=O) groups is 1. The Morgan fingerprint density at radius 3 is 2.87 bits per heavy atom. The van der Waals surface area contributed by atoms with Crippen LogP contribution in [0.3, 0.4) is 0 Å². The van der Waals surface area contributed by atoms with Crippen molar-refractivity contribution in [2.45, 2.75) is 0 Å². The number of para-hydroxylation sites is 1. The van der Waals surface area contributed by atoms with Crippen molar-refractivity contribution in [2.75, 3.05) is 11.9 Å². The van der Waals surface area contributed by atoms with E-state index in [1.54, 1.807) is 6.07 Å². The van der Waals surface area contributed by atoms with Gasteiger partial charge in [0.1, 0.15) is 12.4 Å². The van der Waals surface area contributed by atoms with Crippen LogP contribution >= 0.6 is 0 Å². The smallest absolute Gasteiger partial charge is 0.322 e. The first kappa shape index (κ1) is 9.45. The number of carboxylic acid groups (broad SMARTS) is 1. The van der Waals surface area contributed by atoms with E-state index in [2.05, 4.69) is 10.3 Å². The molecule has 2 N–H and O–H groups in total. The average Bonchev–Trinajstić information content (AvgIpc) is 2.26. The van der Waals surface area contributed by atoms with Gasteiger partial charge in [0.05, 0.1) is 5.52 Å². The van der Waals surface area contributed by atoms with Crippen molar-refractivity contribution in [1.82, 2.24) is 4.98 Å². The lowest BCUT2D eigenvalue weighted by Gasteiger charge is -2.03. The molecule has 1 aromatic heterocycles. The number of carboxylic acids is 1. The summed E-state index contributed by atoms with van der Waals surface area (Å²) in [5.41, 5.74) is 0.855. The fourth-order valence-corrected chi connectivity index (χ4v) is 1.33. The summed E-state index contributed by atoms with van der Waals surface area (Å²) in [6.45, 7) is -0.120. The molecule has 76 valence electrons. The van der Waals surface area contributed by atoms with Gasteiger partial charge in [0.2, 0.25) is 0 Å². The van der Waals surface area contributed by atoms with E-state index in [0.717, 1.165) is 10.9 Å². The zero-order valence-corrected chi connectivity index (χ0v) is 7.97. The Bertz CT molecular complexity index is 497. The maximum atomic E-state index is 10.3. The Labute approximate surface area is 86.6 Å². The Morgan fingerprint density at radius 1 is 1.27 bits per heavy atom. The Balaban J connectivity index is 2.26.